The van der Waals surface area contributed by atoms with Crippen LogP contribution in [0.4, 0.5) is 0 Å². The van der Waals surface area contributed by atoms with E-state index in [4.69, 9.17) is 0 Å². The first-order chi connectivity index (χ1) is 8.79. The van der Waals surface area contributed by atoms with Crippen LogP contribution in [0.25, 0.3) is 0 Å². The predicted octanol–water partition coefficient (Wildman–Crippen LogP) is 3.91. The van der Waals surface area contributed by atoms with Crippen LogP contribution in [0.5, 0.6) is 0 Å². The van der Waals surface area contributed by atoms with Gasteiger partial charge in [-0.15, -0.1) is 0 Å². The molecule has 3 atom stereocenters. The van der Waals surface area contributed by atoms with Crippen LogP contribution in [0, 0.1) is 11.8 Å². The third-order valence-electron chi connectivity index (χ3n) is 4.97. The zero-order valence-corrected chi connectivity index (χ0v) is 14.3. The van der Waals surface area contributed by atoms with Crippen LogP contribution < -0.4 is 5.32 Å². The molecule has 1 aliphatic rings. The zero-order chi connectivity index (χ0) is 14.6. The van der Waals surface area contributed by atoms with Gasteiger partial charge < -0.3 is 5.32 Å². The van der Waals surface area contributed by atoms with Crippen molar-refractivity contribution in [1.29, 1.82) is 0 Å². The van der Waals surface area contributed by atoms with Crippen molar-refractivity contribution < 1.29 is 0 Å². The Morgan fingerprint density at radius 2 is 1.79 bits per heavy atom. The Bertz CT molecular complexity index is 262. The molecule has 1 aliphatic heterocycles. The molecule has 0 amide bonds. The highest BCUT2D eigenvalue weighted by Gasteiger charge is 2.37. The van der Waals surface area contributed by atoms with Crippen LogP contribution >= 0.6 is 0 Å². The van der Waals surface area contributed by atoms with E-state index < -0.39 is 0 Å². The van der Waals surface area contributed by atoms with Crippen molar-refractivity contribution in [2.45, 2.75) is 85.4 Å². The van der Waals surface area contributed by atoms with Crippen molar-refractivity contribution >= 4 is 0 Å². The second-order valence-electron chi connectivity index (χ2n) is 7.60. The molecule has 0 aromatic rings. The molecule has 1 N–H and O–H groups in total. The summed E-state index contributed by atoms with van der Waals surface area (Å²) in [7, 11) is 0. The molecule has 0 saturated carbocycles. The third kappa shape index (κ3) is 4.75. The lowest BCUT2D eigenvalue weighted by molar-refractivity contribution is 0.0259. The quantitative estimate of drug-likeness (QED) is 0.786. The maximum atomic E-state index is 3.78. The van der Waals surface area contributed by atoms with Crippen molar-refractivity contribution in [3.63, 3.8) is 0 Å². The van der Waals surface area contributed by atoms with Crippen molar-refractivity contribution in [3.05, 3.63) is 0 Å². The van der Waals surface area contributed by atoms with E-state index in [0.29, 0.717) is 17.6 Å². The minimum Gasteiger partial charge on any atom is -0.309 e. The first kappa shape index (κ1) is 17.0. The van der Waals surface area contributed by atoms with Gasteiger partial charge in [-0.2, -0.15) is 0 Å². The molecule has 0 aromatic heterocycles. The molecule has 2 nitrogen and oxygen atoms in total. The summed E-state index contributed by atoms with van der Waals surface area (Å²) in [4.78, 5) is 2.78. The Balaban J connectivity index is 2.71. The lowest BCUT2D eigenvalue weighted by Crippen LogP contribution is -2.65. The number of nitrogens with one attached hydrogen (secondary N) is 1. The fourth-order valence-electron chi connectivity index (χ4n) is 3.12. The molecule has 1 heterocycles. The molecule has 1 fully saturated rings. The molecule has 0 bridgehead atoms. The fraction of sp³-hybridized carbons (Fsp3) is 1.00. The molecular formula is C17H36N2. The zero-order valence-electron chi connectivity index (χ0n) is 14.3. The van der Waals surface area contributed by atoms with Gasteiger partial charge in [0.15, 0.2) is 0 Å². The Kier molecular flexibility index (Phi) is 6.32. The molecule has 1 saturated heterocycles. The second kappa shape index (κ2) is 7.08. The largest absolute Gasteiger partial charge is 0.309 e. The van der Waals surface area contributed by atoms with Gasteiger partial charge in [-0.3, -0.25) is 4.90 Å². The highest BCUT2D eigenvalue weighted by atomic mass is 15.3. The van der Waals surface area contributed by atoms with Gasteiger partial charge in [-0.1, -0.05) is 34.6 Å². The molecule has 114 valence electrons. The molecule has 3 unspecified atom stereocenters. The van der Waals surface area contributed by atoms with E-state index in [-0.39, 0.29) is 0 Å². The van der Waals surface area contributed by atoms with Crippen LogP contribution in [-0.2, 0) is 0 Å². The molecular weight excluding hydrogens is 232 g/mol. The van der Waals surface area contributed by atoms with Crippen LogP contribution in [0.3, 0.4) is 0 Å². The maximum absolute atomic E-state index is 3.78. The van der Waals surface area contributed by atoms with Crippen LogP contribution in [0.15, 0.2) is 0 Å². The number of hydrogen-bond acceptors (Lipinski definition) is 2. The topological polar surface area (TPSA) is 15.3 Å². The molecule has 19 heavy (non-hydrogen) atoms. The number of rotatable bonds is 6. The van der Waals surface area contributed by atoms with Crippen molar-refractivity contribution in [2.75, 3.05) is 13.1 Å². The smallest absolute Gasteiger partial charge is 0.0278 e. The standard InChI is InChI=1S/C17H36N2/c1-8-17(7)12-19(15(6)10-9-13(2)3)16(11-18-17)14(4)5/h13-16,18H,8-12H2,1-7H3. The first-order valence-corrected chi connectivity index (χ1v) is 8.30. The maximum Gasteiger partial charge on any atom is 0.0278 e. The Morgan fingerprint density at radius 3 is 2.26 bits per heavy atom. The van der Waals surface area contributed by atoms with E-state index in [1.54, 1.807) is 0 Å². The van der Waals surface area contributed by atoms with Crippen molar-refractivity contribution in [3.8, 4) is 0 Å². The molecule has 1 rings (SSSR count). The van der Waals surface area contributed by atoms with E-state index in [1.807, 2.05) is 0 Å². The van der Waals surface area contributed by atoms with E-state index in [9.17, 15) is 0 Å². The van der Waals surface area contributed by atoms with Crippen LogP contribution in [0.2, 0.25) is 0 Å². The van der Waals surface area contributed by atoms with E-state index >= 15 is 0 Å². The van der Waals surface area contributed by atoms with E-state index in [2.05, 4.69) is 58.7 Å². The summed E-state index contributed by atoms with van der Waals surface area (Å²) in [5, 5.41) is 3.78. The normalized spacial score (nSPS) is 31.1. The lowest BCUT2D eigenvalue weighted by Gasteiger charge is -2.50. The minimum absolute atomic E-state index is 0.303. The molecule has 2 heteroatoms. The van der Waals surface area contributed by atoms with Gasteiger partial charge in [0.2, 0.25) is 0 Å². The second-order valence-corrected chi connectivity index (χ2v) is 7.60. The average Bonchev–Trinajstić information content (AvgIpc) is 2.35. The highest BCUT2D eigenvalue weighted by molar-refractivity contribution is 4.96. The van der Waals surface area contributed by atoms with Crippen molar-refractivity contribution in [2.24, 2.45) is 11.8 Å². The summed E-state index contributed by atoms with van der Waals surface area (Å²) < 4.78 is 0. The van der Waals surface area contributed by atoms with Gasteiger partial charge in [0.05, 0.1) is 0 Å². The number of nitrogens with zero attached hydrogens (tertiary/aromatic N) is 1. The van der Waals surface area contributed by atoms with E-state index in [0.717, 1.165) is 18.4 Å². The van der Waals surface area contributed by atoms with Gasteiger partial charge in [0, 0.05) is 30.7 Å². The first-order valence-electron chi connectivity index (χ1n) is 8.30. The number of hydrogen-bond donors (Lipinski definition) is 1. The van der Waals surface area contributed by atoms with Gasteiger partial charge >= 0.3 is 0 Å². The SMILES string of the molecule is CCC1(C)CN(C(C)CCC(C)C)C(C(C)C)CN1. The third-order valence-corrected chi connectivity index (χ3v) is 4.97. The van der Waals surface area contributed by atoms with Crippen LogP contribution in [0.1, 0.15) is 67.7 Å². The van der Waals surface area contributed by atoms with Gasteiger partial charge in [0.25, 0.3) is 0 Å². The van der Waals surface area contributed by atoms with E-state index in [1.165, 1.54) is 25.8 Å². The predicted molar refractivity (Wildman–Crippen MR) is 85.6 cm³/mol. The minimum atomic E-state index is 0.303. The highest BCUT2D eigenvalue weighted by Crippen LogP contribution is 2.26. The fourth-order valence-corrected chi connectivity index (χ4v) is 3.12. The monoisotopic (exact) mass is 268 g/mol. The summed E-state index contributed by atoms with van der Waals surface area (Å²) in [6.45, 7) is 18.9. The summed E-state index contributed by atoms with van der Waals surface area (Å²) in [5.41, 5.74) is 0.303. The van der Waals surface area contributed by atoms with Crippen LogP contribution in [-0.4, -0.2) is 35.6 Å². The summed E-state index contributed by atoms with van der Waals surface area (Å²) in [5.74, 6) is 1.55. The number of piperazine rings is 1. The lowest BCUT2D eigenvalue weighted by atomic mass is 9.88. The summed E-state index contributed by atoms with van der Waals surface area (Å²) in [6.07, 6.45) is 3.89. The molecule has 0 aromatic carbocycles. The molecule has 0 radical (unpaired) electrons. The summed E-state index contributed by atoms with van der Waals surface area (Å²) >= 11 is 0. The molecule has 0 aliphatic carbocycles. The van der Waals surface area contributed by atoms with Crippen molar-refractivity contribution in [1.82, 2.24) is 10.2 Å². The van der Waals surface area contributed by atoms with Gasteiger partial charge in [-0.05, 0) is 44.9 Å². The van der Waals surface area contributed by atoms with Gasteiger partial charge in [0.1, 0.15) is 0 Å². The molecule has 0 spiro atoms. The summed E-state index contributed by atoms with van der Waals surface area (Å²) in [6, 6.07) is 1.41. The Morgan fingerprint density at radius 1 is 1.16 bits per heavy atom. The van der Waals surface area contributed by atoms with Gasteiger partial charge in [-0.25, -0.2) is 0 Å². The average molecular weight is 268 g/mol. The Hall–Kier alpha value is -0.0800. The Labute approximate surface area is 121 Å².